The van der Waals surface area contributed by atoms with E-state index in [-0.39, 0.29) is 16.8 Å². The lowest BCUT2D eigenvalue weighted by molar-refractivity contribution is 0.0937. The van der Waals surface area contributed by atoms with Gasteiger partial charge in [-0.1, -0.05) is 31.0 Å². The van der Waals surface area contributed by atoms with E-state index in [4.69, 9.17) is 0 Å². The summed E-state index contributed by atoms with van der Waals surface area (Å²) < 4.78 is 28.1. The van der Waals surface area contributed by atoms with Crippen molar-refractivity contribution in [3.8, 4) is 0 Å². The SMILES string of the molecule is Cc1cccc(NS(=O)(=O)c2cccc(C(=O)NC3CCCC3)c2)c1C. The van der Waals surface area contributed by atoms with E-state index in [2.05, 4.69) is 10.0 Å². The summed E-state index contributed by atoms with van der Waals surface area (Å²) in [7, 11) is -3.77. The highest BCUT2D eigenvalue weighted by atomic mass is 32.2. The van der Waals surface area contributed by atoms with Gasteiger partial charge in [0.1, 0.15) is 0 Å². The first-order valence-electron chi connectivity index (χ1n) is 8.87. The number of benzene rings is 2. The third-order valence-corrected chi connectivity index (χ3v) is 6.31. The molecule has 2 N–H and O–H groups in total. The first-order chi connectivity index (χ1) is 12.4. The Kier molecular flexibility index (Phi) is 5.32. The molecule has 0 saturated heterocycles. The minimum atomic E-state index is -3.77. The van der Waals surface area contributed by atoms with Crippen LogP contribution >= 0.6 is 0 Å². The lowest BCUT2D eigenvalue weighted by atomic mass is 10.1. The van der Waals surface area contributed by atoms with Crippen LogP contribution in [0.25, 0.3) is 0 Å². The maximum Gasteiger partial charge on any atom is 0.261 e. The summed E-state index contributed by atoms with van der Waals surface area (Å²) in [5.74, 6) is -0.222. The minimum absolute atomic E-state index is 0.0810. The Labute approximate surface area is 154 Å². The van der Waals surface area contributed by atoms with Crippen molar-refractivity contribution in [1.29, 1.82) is 0 Å². The molecule has 1 amide bonds. The smallest absolute Gasteiger partial charge is 0.261 e. The Hall–Kier alpha value is -2.34. The quantitative estimate of drug-likeness (QED) is 0.839. The Morgan fingerprint density at radius 1 is 1.04 bits per heavy atom. The summed E-state index contributed by atoms with van der Waals surface area (Å²) >= 11 is 0. The molecule has 6 heteroatoms. The molecule has 0 radical (unpaired) electrons. The number of rotatable bonds is 5. The van der Waals surface area contributed by atoms with Crippen LogP contribution in [0.5, 0.6) is 0 Å². The van der Waals surface area contributed by atoms with Crippen LogP contribution in [0.3, 0.4) is 0 Å². The third kappa shape index (κ3) is 4.07. The number of hydrogen-bond donors (Lipinski definition) is 2. The molecular formula is C20H24N2O3S. The van der Waals surface area contributed by atoms with Gasteiger partial charge >= 0.3 is 0 Å². The maximum absolute atomic E-state index is 12.7. The van der Waals surface area contributed by atoms with Crippen LogP contribution in [0.2, 0.25) is 0 Å². The van der Waals surface area contributed by atoms with Gasteiger partial charge in [0.15, 0.2) is 0 Å². The fourth-order valence-electron chi connectivity index (χ4n) is 3.21. The predicted octanol–water partition coefficient (Wildman–Crippen LogP) is 3.78. The summed E-state index contributed by atoms with van der Waals surface area (Å²) in [6.07, 6.45) is 4.22. The first-order valence-corrected chi connectivity index (χ1v) is 10.3. The molecule has 138 valence electrons. The summed E-state index contributed by atoms with van der Waals surface area (Å²) in [6, 6.07) is 11.8. The molecule has 2 aromatic carbocycles. The van der Waals surface area contributed by atoms with Crippen molar-refractivity contribution < 1.29 is 13.2 Å². The van der Waals surface area contributed by atoms with Gasteiger partial charge in [-0.2, -0.15) is 0 Å². The van der Waals surface area contributed by atoms with Gasteiger partial charge in [-0.3, -0.25) is 9.52 Å². The van der Waals surface area contributed by atoms with Crippen LogP contribution in [-0.2, 0) is 10.0 Å². The molecule has 5 nitrogen and oxygen atoms in total. The van der Waals surface area contributed by atoms with E-state index in [1.165, 1.54) is 12.1 Å². The van der Waals surface area contributed by atoms with E-state index in [0.29, 0.717) is 11.3 Å². The number of sulfonamides is 1. The van der Waals surface area contributed by atoms with Crippen LogP contribution in [0.1, 0.15) is 47.2 Å². The highest BCUT2D eigenvalue weighted by molar-refractivity contribution is 7.92. The van der Waals surface area contributed by atoms with Crippen molar-refractivity contribution in [2.75, 3.05) is 4.72 Å². The van der Waals surface area contributed by atoms with Crippen LogP contribution in [0.15, 0.2) is 47.4 Å². The normalized spacial score (nSPS) is 15.0. The van der Waals surface area contributed by atoms with Crippen LogP contribution in [0, 0.1) is 13.8 Å². The molecule has 0 aliphatic heterocycles. The summed E-state index contributed by atoms with van der Waals surface area (Å²) in [5, 5.41) is 2.99. The number of anilines is 1. The maximum atomic E-state index is 12.7. The molecule has 0 spiro atoms. The van der Waals surface area contributed by atoms with Gasteiger partial charge in [-0.05, 0) is 62.1 Å². The van der Waals surface area contributed by atoms with Crippen molar-refractivity contribution in [3.05, 3.63) is 59.2 Å². The summed E-state index contributed by atoms with van der Waals surface area (Å²) in [6.45, 7) is 3.81. The van der Waals surface area contributed by atoms with Crippen molar-refractivity contribution >= 4 is 21.6 Å². The first kappa shape index (κ1) is 18.5. The zero-order chi connectivity index (χ0) is 18.7. The second kappa shape index (κ2) is 7.50. The van der Waals surface area contributed by atoms with Crippen LogP contribution < -0.4 is 10.0 Å². The molecule has 1 fully saturated rings. The van der Waals surface area contributed by atoms with Gasteiger partial charge in [0.2, 0.25) is 0 Å². The monoisotopic (exact) mass is 372 g/mol. The van der Waals surface area contributed by atoms with E-state index in [9.17, 15) is 13.2 Å². The van der Waals surface area contributed by atoms with Gasteiger partial charge in [0, 0.05) is 11.6 Å². The largest absolute Gasteiger partial charge is 0.349 e. The Bertz CT molecular complexity index is 916. The fourth-order valence-corrected chi connectivity index (χ4v) is 4.38. The summed E-state index contributed by atoms with van der Waals surface area (Å²) in [5.41, 5.74) is 2.80. The molecule has 0 aromatic heterocycles. The molecule has 0 bridgehead atoms. The second-order valence-corrected chi connectivity index (χ2v) is 8.52. The molecule has 2 aromatic rings. The average molecular weight is 372 g/mol. The van der Waals surface area contributed by atoms with Crippen molar-refractivity contribution in [2.24, 2.45) is 0 Å². The molecule has 1 saturated carbocycles. The van der Waals surface area contributed by atoms with E-state index in [0.717, 1.165) is 36.8 Å². The molecule has 0 unspecified atom stereocenters. The lowest BCUT2D eigenvalue weighted by Gasteiger charge is -2.14. The van der Waals surface area contributed by atoms with Crippen LogP contribution in [-0.4, -0.2) is 20.4 Å². The number of aryl methyl sites for hydroxylation is 1. The lowest BCUT2D eigenvalue weighted by Crippen LogP contribution is -2.32. The predicted molar refractivity (Wildman–Crippen MR) is 103 cm³/mol. The van der Waals surface area contributed by atoms with E-state index < -0.39 is 10.0 Å². The average Bonchev–Trinajstić information content (AvgIpc) is 3.12. The zero-order valence-electron chi connectivity index (χ0n) is 15.1. The van der Waals surface area contributed by atoms with Crippen molar-refractivity contribution in [3.63, 3.8) is 0 Å². The molecular weight excluding hydrogens is 348 g/mol. The molecule has 1 aliphatic rings. The highest BCUT2D eigenvalue weighted by Gasteiger charge is 2.20. The fraction of sp³-hybridized carbons (Fsp3) is 0.350. The van der Waals surface area contributed by atoms with E-state index in [1.807, 2.05) is 26.0 Å². The minimum Gasteiger partial charge on any atom is -0.349 e. The zero-order valence-corrected chi connectivity index (χ0v) is 15.9. The molecule has 3 rings (SSSR count). The Morgan fingerprint density at radius 3 is 2.46 bits per heavy atom. The third-order valence-electron chi connectivity index (χ3n) is 4.95. The van der Waals surface area contributed by atoms with Gasteiger partial charge in [-0.15, -0.1) is 0 Å². The number of nitrogens with one attached hydrogen (secondary N) is 2. The Balaban J connectivity index is 1.81. The number of carbonyl (C=O) groups is 1. The number of carbonyl (C=O) groups excluding carboxylic acids is 1. The standard InChI is InChI=1S/C20H24N2O3S/c1-14-7-5-12-19(15(14)2)22-26(24,25)18-11-6-8-16(13-18)20(23)21-17-9-3-4-10-17/h5-8,11-13,17,22H,3-4,9-10H2,1-2H3,(H,21,23). The second-order valence-electron chi connectivity index (χ2n) is 6.84. The summed E-state index contributed by atoms with van der Waals surface area (Å²) in [4.78, 5) is 12.5. The van der Waals surface area contributed by atoms with Crippen molar-refractivity contribution in [2.45, 2.75) is 50.5 Å². The molecule has 0 heterocycles. The molecule has 26 heavy (non-hydrogen) atoms. The van der Waals surface area contributed by atoms with Gasteiger partial charge in [-0.25, -0.2) is 8.42 Å². The molecule has 1 aliphatic carbocycles. The van der Waals surface area contributed by atoms with Crippen molar-refractivity contribution in [1.82, 2.24) is 5.32 Å². The van der Waals surface area contributed by atoms with Gasteiger partial charge in [0.25, 0.3) is 15.9 Å². The van der Waals surface area contributed by atoms with E-state index in [1.54, 1.807) is 18.2 Å². The topological polar surface area (TPSA) is 75.3 Å². The highest BCUT2D eigenvalue weighted by Crippen LogP contribution is 2.23. The number of amides is 1. The van der Waals surface area contributed by atoms with Gasteiger partial charge < -0.3 is 5.32 Å². The number of hydrogen-bond acceptors (Lipinski definition) is 3. The Morgan fingerprint density at radius 2 is 1.73 bits per heavy atom. The van der Waals surface area contributed by atoms with E-state index >= 15 is 0 Å². The van der Waals surface area contributed by atoms with Crippen LogP contribution in [0.4, 0.5) is 5.69 Å². The van der Waals surface area contributed by atoms with Gasteiger partial charge in [0.05, 0.1) is 10.6 Å². The molecule has 0 atom stereocenters.